The smallest absolute Gasteiger partial charge is 0.289 e. The molecule has 1 atom stereocenters. The maximum Gasteiger partial charge on any atom is 0.289 e. The van der Waals surface area contributed by atoms with Gasteiger partial charge in [0, 0.05) is 18.5 Å². The number of nitrogens with zero attached hydrogens (tertiary/aromatic N) is 2. The van der Waals surface area contributed by atoms with E-state index in [4.69, 9.17) is 9.25 Å². The van der Waals surface area contributed by atoms with Gasteiger partial charge in [-0.25, -0.2) is 4.39 Å². The molecule has 0 radical (unpaired) electrons. The lowest BCUT2D eigenvalue weighted by Crippen LogP contribution is -2.37. The van der Waals surface area contributed by atoms with Crippen molar-refractivity contribution in [2.75, 3.05) is 6.54 Å². The van der Waals surface area contributed by atoms with Gasteiger partial charge in [0.1, 0.15) is 5.82 Å². The predicted molar refractivity (Wildman–Crippen MR) is 107 cm³/mol. The van der Waals surface area contributed by atoms with E-state index in [0.717, 1.165) is 16.8 Å². The van der Waals surface area contributed by atoms with E-state index in [0.29, 0.717) is 18.5 Å². The first-order chi connectivity index (χ1) is 14.1. The lowest BCUT2D eigenvalue weighted by atomic mass is 10.00. The normalized spacial score (nSPS) is 15.7. The number of hydrogen-bond donors (Lipinski definition) is 0. The molecule has 0 saturated carbocycles. The van der Waals surface area contributed by atoms with E-state index < -0.39 is 0 Å². The zero-order valence-corrected chi connectivity index (χ0v) is 16.0. The van der Waals surface area contributed by atoms with Gasteiger partial charge in [0.15, 0.2) is 11.9 Å². The molecule has 5 nitrogen and oxygen atoms in total. The topological polar surface area (TPSA) is 55.0 Å². The fourth-order valence-electron chi connectivity index (χ4n) is 3.46. The van der Waals surface area contributed by atoms with Gasteiger partial charge in [-0.1, -0.05) is 41.6 Å². The Bertz CT molecular complexity index is 1030. The van der Waals surface area contributed by atoms with Crippen molar-refractivity contribution in [2.24, 2.45) is 5.16 Å². The average Bonchev–Trinajstić information content (AvgIpc) is 3.40. The molecule has 29 heavy (non-hydrogen) atoms. The van der Waals surface area contributed by atoms with Crippen LogP contribution in [0.15, 0.2) is 76.5 Å². The lowest BCUT2D eigenvalue weighted by molar-refractivity contribution is 0.0387. The summed E-state index contributed by atoms with van der Waals surface area (Å²) >= 11 is 0. The fraction of sp³-hybridized carbons (Fsp3) is 0.217. The molecule has 0 bridgehead atoms. The number of carbonyl (C=O) groups is 1. The summed E-state index contributed by atoms with van der Waals surface area (Å²) in [6.07, 6.45) is 1.77. The van der Waals surface area contributed by atoms with Gasteiger partial charge in [0.05, 0.1) is 18.5 Å². The standard InChI is InChI=1S/C23H21FN2O3/c1-16-6-2-3-9-20(16)21-13-19(29-25-21)15-26(23(27)22-10-5-11-28-22)14-17-7-4-8-18(24)12-17/h2-12,19H,13-15H2,1H3/t19-/m1/s1. The van der Waals surface area contributed by atoms with Crippen LogP contribution in [0, 0.1) is 12.7 Å². The molecular formula is C23H21FN2O3. The maximum absolute atomic E-state index is 13.6. The molecule has 4 rings (SSSR count). The van der Waals surface area contributed by atoms with Gasteiger partial charge in [-0.15, -0.1) is 0 Å². The maximum atomic E-state index is 13.6. The van der Waals surface area contributed by atoms with Crippen LogP contribution < -0.4 is 0 Å². The van der Waals surface area contributed by atoms with Crippen LogP contribution in [0.4, 0.5) is 4.39 Å². The Morgan fingerprint density at radius 1 is 1.17 bits per heavy atom. The van der Waals surface area contributed by atoms with Gasteiger partial charge >= 0.3 is 0 Å². The number of benzene rings is 2. The second kappa shape index (κ2) is 8.31. The number of oxime groups is 1. The summed E-state index contributed by atoms with van der Waals surface area (Å²) in [5.41, 5.74) is 3.73. The molecule has 0 saturated heterocycles. The van der Waals surface area contributed by atoms with Crippen LogP contribution in [0.1, 0.15) is 33.7 Å². The second-order valence-corrected chi connectivity index (χ2v) is 7.08. The van der Waals surface area contributed by atoms with E-state index in [1.54, 1.807) is 29.2 Å². The zero-order chi connectivity index (χ0) is 20.2. The van der Waals surface area contributed by atoms with Crippen molar-refractivity contribution in [2.45, 2.75) is 26.0 Å². The van der Waals surface area contributed by atoms with Crippen LogP contribution in [-0.4, -0.2) is 29.2 Å². The summed E-state index contributed by atoms with van der Waals surface area (Å²) in [7, 11) is 0. The van der Waals surface area contributed by atoms with Crippen molar-refractivity contribution in [3.05, 3.63) is 95.2 Å². The molecule has 1 aromatic heterocycles. The molecule has 0 unspecified atom stereocenters. The van der Waals surface area contributed by atoms with Crippen molar-refractivity contribution in [3.8, 4) is 0 Å². The molecule has 1 aliphatic heterocycles. The first kappa shape index (κ1) is 18.9. The average molecular weight is 392 g/mol. The Morgan fingerprint density at radius 2 is 2.03 bits per heavy atom. The minimum atomic E-state index is -0.338. The number of carbonyl (C=O) groups excluding carboxylic acids is 1. The van der Waals surface area contributed by atoms with Crippen LogP contribution in [0.5, 0.6) is 0 Å². The highest BCUT2D eigenvalue weighted by Gasteiger charge is 2.28. The fourth-order valence-corrected chi connectivity index (χ4v) is 3.46. The number of furan rings is 1. The van der Waals surface area contributed by atoms with Crippen molar-refractivity contribution in [1.82, 2.24) is 4.90 Å². The zero-order valence-electron chi connectivity index (χ0n) is 16.0. The molecule has 1 aliphatic rings. The van der Waals surface area contributed by atoms with E-state index >= 15 is 0 Å². The third kappa shape index (κ3) is 4.37. The third-order valence-electron chi connectivity index (χ3n) is 4.89. The highest BCUT2D eigenvalue weighted by molar-refractivity contribution is 6.02. The van der Waals surface area contributed by atoms with Gasteiger partial charge < -0.3 is 14.2 Å². The monoisotopic (exact) mass is 392 g/mol. The largest absolute Gasteiger partial charge is 0.459 e. The summed E-state index contributed by atoms with van der Waals surface area (Å²) in [5, 5.41) is 4.24. The van der Waals surface area contributed by atoms with Gasteiger partial charge in [-0.2, -0.15) is 0 Å². The highest BCUT2D eigenvalue weighted by Crippen LogP contribution is 2.22. The summed E-state index contributed by atoms with van der Waals surface area (Å²) < 4.78 is 18.9. The Labute approximate surface area is 168 Å². The molecular weight excluding hydrogens is 371 g/mol. The SMILES string of the molecule is Cc1ccccc1C1=NO[C@@H](CN(Cc2cccc(F)c2)C(=O)c2ccco2)C1. The van der Waals surface area contributed by atoms with Gasteiger partial charge in [-0.3, -0.25) is 4.79 Å². The quantitative estimate of drug-likeness (QED) is 0.618. The van der Waals surface area contributed by atoms with Crippen LogP contribution in [0.3, 0.4) is 0 Å². The number of halogens is 1. The lowest BCUT2D eigenvalue weighted by Gasteiger charge is -2.24. The van der Waals surface area contributed by atoms with E-state index in [9.17, 15) is 9.18 Å². The molecule has 148 valence electrons. The van der Waals surface area contributed by atoms with Crippen LogP contribution in [-0.2, 0) is 11.4 Å². The molecule has 0 aliphatic carbocycles. The highest BCUT2D eigenvalue weighted by atomic mass is 19.1. The first-order valence-electron chi connectivity index (χ1n) is 9.46. The molecule has 1 amide bonds. The van der Waals surface area contributed by atoms with Gasteiger partial charge in [0.25, 0.3) is 5.91 Å². The van der Waals surface area contributed by atoms with Gasteiger partial charge in [-0.05, 0) is 42.3 Å². The summed E-state index contributed by atoms with van der Waals surface area (Å²) in [5.74, 6) is -0.373. The Morgan fingerprint density at radius 3 is 2.79 bits per heavy atom. The molecule has 2 aromatic carbocycles. The molecule has 0 spiro atoms. The molecule has 0 fully saturated rings. The van der Waals surface area contributed by atoms with Crippen LogP contribution in [0.2, 0.25) is 0 Å². The number of hydrogen-bond acceptors (Lipinski definition) is 4. The van der Waals surface area contributed by atoms with Crippen molar-refractivity contribution >= 4 is 11.6 Å². The van der Waals surface area contributed by atoms with Crippen molar-refractivity contribution in [1.29, 1.82) is 0 Å². The number of rotatable bonds is 6. The van der Waals surface area contributed by atoms with Crippen molar-refractivity contribution < 1.29 is 18.4 Å². The Hall–Kier alpha value is -3.41. The molecule has 3 aromatic rings. The Kier molecular flexibility index (Phi) is 5.42. The van der Waals surface area contributed by atoms with Crippen LogP contribution >= 0.6 is 0 Å². The minimum absolute atomic E-state index is 0.236. The van der Waals surface area contributed by atoms with E-state index in [-0.39, 0.29) is 30.1 Å². The van der Waals surface area contributed by atoms with Gasteiger partial charge in [0.2, 0.25) is 0 Å². The van der Waals surface area contributed by atoms with Crippen molar-refractivity contribution in [3.63, 3.8) is 0 Å². The first-order valence-corrected chi connectivity index (χ1v) is 9.46. The van der Waals surface area contributed by atoms with E-state index in [2.05, 4.69) is 5.16 Å². The molecule has 2 heterocycles. The predicted octanol–water partition coefficient (Wildman–Crippen LogP) is 4.56. The number of amides is 1. The Balaban J connectivity index is 1.50. The molecule has 6 heteroatoms. The summed E-state index contributed by atoms with van der Waals surface area (Å²) in [6.45, 7) is 2.59. The second-order valence-electron chi connectivity index (χ2n) is 7.08. The minimum Gasteiger partial charge on any atom is -0.459 e. The molecule has 0 N–H and O–H groups in total. The summed E-state index contributed by atoms with van der Waals surface area (Å²) in [6, 6.07) is 17.5. The van der Waals surface area contributed by atoms with Crippen LogP contribution in [0.25, 0.3) is 0 Å². The van der Waals surface area contributed by atoms with E-state index in [1.165, 1.54) is 18.4 Å². The summed E-state index contributed by atoms with van der Waals surface area (Å²) in [4.78, 5) is 20.2. The number of aryl methyl sites for hydroxylation is 1. The third-order valence-corrected chi connectivity index (χ3v) is 4.89. The van der Waals surface area contributed by atoms with E-state index in [1.807, 2.05) is 31.2 Å².